The molecular weight excluding hydrogens is 549 g/mol. The Morgan fingerprint density at radius 1 is 1.27 bits per heavy atom. The van der Waals surface area contributed by atoms with Crippen molar-refractivity contribution in [2.24, 2.45) is 11.5 Å². The zero-order chi connectivity index (χ0) is 8.41. The monoisotopic (exact) mass is 563 g/mol. The summed E-state index contributed by atoms with van der Waals surface area (Å²) in [6.45, 7) is 4.76. The Kier molecular flexibility index (Phi) is 8.09. The minimum absolute atomic E-state index is 0. The summed E-state index contributed by atoms with van der Waals surface area (Å²) in [7, 11) is 0. The van der Waals surface area contributed by atoms with E-state index >= 15 is 0 Å². The molecule has 0 rings (SSSR count). The molecule has 0 spiro atoms. The van der Waals surface area contributed by atoms with Crippen LogP contribution in [0, 0.1) is 0 Å². The number of hydrogen-bond acceptors (Lipinski definition) is 2. The summed E-state index contributed by atoms with van der Waals surface area (Å²) in [5.74, 6) is 0. The van der Waals surface area contributed by atoms with E-state index in [1.807, 2.05) is 13.8 Å². The molecule has 5 heteroatoms. The Bertz CT molecular complexity index is 112. The predicted octanol–water partition coefficient (Wildman–Crippen LogP) is 1.64. The molecular formula is C6H14I2N2Pt. The molecule has 0 bridgehead atoms. The van der Waals surface area contributed by atoms with Crippen LogP contribution >= 0.6 is 45.2 Å². The average molecular weight is 563 g/mol. The van der Waals surface area contributed by atoms with Crippen molar-refractivity contribution in [3.05, 3.63) is 0 Å². The second-order valence-corrected chi connectivity index (χ2v) is 8.71. The number of halogens is 2. The van der Waals surface area contributed by atoms with Gasteiger partial charge in [-0.2, -0.15) is 0 Å². The normalized spacial score (nSPS) is 12.5. The van der Waals surface area contributed by atoms with Crippen LogP contribution in [0.4, 0.5) is 0 Å². The van der Waals surface area contributed by atoms with Gasteiger partial charge in [0.1, 0.15) is 0 Å². The average Bonchev–Trinajstić information content (AvgIpc) is 1.61. The summed E-state index contributed by atoms with van der Waals surface area (Å²) in [5.41, 5.74) is 11.2. The second-order valence-electron chi connectivity index (χ2n) is 2.96. The summed E-state index contributed by atoms with van der Waals surface area (Å²) in [6.07, 6.45) is 0.956. The van der Waals surface area contributed by atoms with Gasteiger partial charge in [0, 0.05) is 26.6 Å². The zero-order valence-electron chi connectivity index (χ0n) is 6.64. The Balaban J connectivity index is 0. The van der Waals surface area contributed by atoms with Gasteiger partial charge in [0.2, 0.25) is 0 Å². The van der Waals surface area contributed by atoms with Crippen molar-refractivity contribution in [3.63, 3.8) is 0 Å². The molecule has 0 aromatic carbocycles. The van der Waals surface area contributed by atoms with E-state index in [4.69, 9.17) is 11.5 Å². The van der Waals surface area contributed by atoms with Gasteiger partial charge < -0.3 is 11.5 Å². The van der Waals surface area contributed by atoms with Crippen molar-refractivity contribution in [2.75, 3.05) is 6.54 Å². The maximum absolute atomic E-state index is 5.93. The Labute approximate surface area is 110 Å². The summed E-state index contributed by atoms with van der Waals surface area (Å²) in [4.78, 5) is 0. The smallest absolute Gasteiger partial charge is 0.0919 e. The van der Waals surface area contributed by atoms with Crippen LogP contribution in [0.15, 0.2) is 0 Å². The van der Waals surface area contributed by atoms with Gasteiger partial charge in [-0.3, -0.25) is 0 Å². The molecule has 4 N–H and O–H groups in total. The fourth-order valence-corrected chi connectivity index (χ4v) is 1.13. The molecule has 0 aromatic heterocycles. The maximum atomic E-state index is 5.93. The molecule has 0 aliphatic rings. The first kappa shape index (κ1) is 15.5. The zero-order valence-corrected chi connectivity index (χ0v) is 13.2. The van der Waals surface area contributed by atoms with Gasteiger partial charge in [-0.05, 0) is 26.8 Å². The molecule has 72 valence electrons. The molecule has 0 aromatic rings. The quantitative estimate of drug-likeness (QED) is 0.406. The van der Waals surface area contributed by atoms with E-state index in [1.54, 1.807) is 0 Å². The van der Waals surface area contributed by atoms with Gasteiger partial charge in [-0.15, -0.1) is 0 Å². The van der Waals surface area contributed by atoms with Crippen LogP contribution in [0.3, 0.4) is 0 Å². The van der Waals surface area contributed by atoms with E-state index in [0.29, 0.717) is 6.54 Å². The van der Waals surface area contributed by atoms with E-state index < -0.39 is 0 Å². The minimum Gasteiger partial charge on any atom is -0.330 e. The largest absolute Gasteiger partial charge is 0.330 e. The number of rotatable bonds is 3. The first-order valence-electron chi connectivity index (χ1n) is 3.18. The summed E-state index contributed by atoms with van der Waals surface area (Å²) in [6, 6.07) is 0. The van der Waals surface area contributed by atoms with Crippen LogP contribution in [0.1, 0.15) is 20.3 Å². The number of nitrogens with two attached hydrogens (primary N) is 2. The van der Waals surface area contributed by atoms with E-state index in [9.17, 15) is 0 Å². The minimum atomic E-state index is -0.159. The summed E-state index contributed by atoms with van der Waals surface area (Å²) < 4.78 is 0.0806. The van der Waals surface area contributed by atoms with Crippen molar-refractivity contribution >= 4 is 45.2 Å². The SMILES string of the molecule is CC(C)(N)C(I)(I)CCN.[Pt]. The van der Waals surface area contributed by atoms with Crippen LogP contribution in [-0.4, -0.2) is 13.5 Å². The van der Waals surface area contributed by atoms with Crippen molar-refractivity contribution < 1.29 is 21.1 Å². The molecule has 0 saturated carbocycles. The Hall–Kier alpha value is 2.07. The topological polar surface area (TPSA) is 52.0 Å². The van der Waals surface area contributed by atoms with Gasteiger partial charge >= 0.3 is 0 Å². The van der Waals surface area contributed by atoms with E-state index in [2.05, 4.69) is 45.2 Å². The van der Waals surface area contributed by atoms with Gasteiger partial charge in [-0.25, -0.2) is 0 Å². The van der Waals surface area contributed by atoms with Gasteiger partial charge in [-0.1, -0.05) is 45.2 Å². The second kappa shape index (κ2) is 5.73. The van der Waals surface area contributed by atoms with Crippen LogP contribution < -0.4 is 11.5 Å². The van der Waals surface area contributed by atoms with Crippen molar-refractivity contribution in [3.8, 4) is 0 Å². The van der Waals surface area contributed by atoms with Crippen LogP contribution in [0.2, 0.25) is 0 Å². The Morgan fingerprint density at radius 2 is 1.64 bits per heavy atom. The van der Waals surface area contributed by atoms with Crippen LogP contribution in [0.25, 0.3) is 0 Å². The predicted molar refractivity (Wildman–Crippen MR) is 62.7 cm³/mol. The third-order valence-electron chi connectivity index (χ3n) is 1.40. The van der Waals surface area contributed by atoms with E-state index in [1.165, 1.54) is 0 Å². The molecule has 0 radical (unpaired) electrons. The van der Waals surface area contributed by atoms with E-state index in [-0.39, 0.29) is 28.0 Å². The molecule has 0 unspecified atom stereocenters. The molecule has 0 saturated heterocycles. The first-order chi connectivity index (χ1) is 4.31. The summed E-state index contributed by atoms with van der Waals surface area (Å²) in [5, 5.41) is 0. The molecule has 0 heterocycles. The third kappa shape index (κ3) is 5.39. The van der Waals surface area contributed by atoms with Gasteiger partial charge in [0.05, 0.1) is 1.43 Å². The van der Waals surface area contributed by atoms with E-state index in [0.717, 1.165) is 6.42 Å². The fraction of sp³-hybridized carbons (Fsp3) is 1.00. The molecule has 2 nitrogen and oxygen atoms in total. The first-order valence-corrected chi connectivity index (χ1v) is 5.34. The molecule has 0 atom stereocenters. The van der Waals surface area contributed by atoms with Crippen molar-refractivity contribution in [1.29, 1.82) is 0 Å². The van der Waals surface area contributed by atoms with Crippen molar-refractivity contribution in [2.45, 2.75) is 27.2 Å². The molecule has 0 fully saturated rings. The van der Waals surface area contributed by atoms with Crippen LogP contribution in [0.5, 0.6) is 0 Å². The number of hydrogen-bond donors (Lipinski definition) is 2. The van der Waals surface area contributed by atoms with Gasteiger partial charge in [0.25, 0.3) is 0 Å². The molecule has 0 aliphatic carbocycles. The third-order valence-corrected chi connectivity index (χ3v) is 5.26. The Morgan fingerprint density at radius 3 is 1.73 bits per heavy atom. The number of alkyl halides is 2. The summed E-state index contributed by atoms with van der Waals surface area (Å²) >= 11 is 4.73. The van der Waals surface area contributed by atoms with Gasteiger partial charge in [0.15, 0.2) is 0 Å². The standard InChI is InChI=1S/C6H14I2N2.Pt/c1-5(2,10)6(7,8)3-4-9;/h3-4,9-10H2,1-2H3;. The molecule has 11 heavy (non-hydrogen) atoms. The van der Waals surface area contributed by atoms with Crippen LogP contribution in [-0.2, 0) is 21.1 Å². The molecule has 0 aliphatic heterocycles. The van der Waals surface area contributed by atoms with Crippen molar-refractivity contribution in [1.82, 2.24) is 0 Å². The molecule has 0 amide bonds. The fourth-order valence-electron chi connectivity index (χ4n) is 0.503. The maximum Gasteiger partial charge on any atom is 0.0919 e.